The molecule has 1 unspecified atom stereocenters. The van der Waals surface area contributed by atoms with Crippen molar-refractivity contribution in [3.63, 3.8) is 0 Å². The molecule has 1 aliphatic heterocycles. The Morgan fingerprint density at radius 3 is 2.88 bits per heavy atom. The topological polar surface area (TPSA) is 49.0 Å². The second-order valence-electron chi connectivity index (χ2n) is 7.59. The van der Waals surface area contributed by atoms with Gasteiger partial charge >= 0.3 is 5.69 Å². The lowest BCUT2D eigenvalue weighted by molar-refractivity contribution is 0.0467. The Morgan fingerprint density at radius 2 is 2.15 bits per heavy atom. The van der Waals surface area contributed by atoms with Gasteiger partial charge in [-0.2, -0.15) is 0 Å². The van der Waals surface area contributed by atoms with Gasteiger partial charge < -0.3 is 4.74 Å². The minimum absolute atomic E-state index is 0.0534. The maximum Gasteiger partial charge on any atom is 0.334 e. The molecule has 1 aliphatic carbocycles. The van der Waals surface area contributed by atoms with Crippen molar-refractivity contribution in [2.24, 2.45) is 11.8 Å². The highest BCUT2D eigenvalue weighted by Crippen LogP contribution is 2.28. The molecule has 2 aromatic heterocycles. The summed E-state index contributed by atoms with van der Waals surface area (Å²) in [4.78, 5) is 17.9. The second kappa shape index (κ2) is 7.69. The van der Waals surface area contributed by atoms with Crippen molar-refractivity contribution in [1.29, 1.82) is 0 Å². The average molecular weight is 420 g/mol. The number of nitrogens with zero attached hydrogens (tertiary/aromatic N) is 3. The first-order valence-corrected chi connectivity index (χ1v) is 10.5. The van der Waals surface area contributed by atoms with E-state index in [1.807, 2.05) is 15.2 Å². The van der Waals surface area contributed by atoms with Gasteiger partial charge in [-0.05, 0) is 72.4 Å². The molecule has 0 radical (unpaired) electrons. The summed E-state index contributed by atoms with van der Waals surface area (Å²) >= 11 is 3.52. The van der Waals surface area contributed by atoms with Gasteiger partial charge in [-0.3, -0.25) is 4.57 Å². The normalized spacial score (nSPS) is 20.3. The summed E-state index contributed by atoms with van der Waals surface area (Å²) in [5.74, 6) is 1.05. The minimum Gasteiger partial charge on any atom is -0.381 e. The Hall–Kier alpha value is -1.40. The molecule has 0 amide bonds. The number of fused-ring (bicyclic) bond motifs is 1. The van der Waals surface area contributed by atoms with Gasteiger partial charge in [0.15, 0.2) is 5.65 Å². The Morgan fingerprint density at radius 1 is 1.35 bits per heavy atom. The van der Waals surface area contributed by atoms with Gasteiger partial charge in [0.1, 0.15) is 0 Å². The van der Waals surface area contributed by atoms with Crippen LogP contribution in [-0.2, 0) is 11.3 Å². The highest BCUT2D eigenvalue weighted by atomic mass is 79.9. The van der Waals surface area contributed by atoms with Crippen LogP contribution in [0.5, 0.6) is 0 Å². The van der Waals surface area contributed by atoms with Crippen molar-refractivity contribution in [2.75, 3.05) is 13.2 Å². The second-order valence-corrected chi connectivity index (χ2v) is 8.51. The molecular weight excluding hydrogens is 394 g/mol. The van der Waals surface area contributed by atoms with Gasteiger partial charge in [-0.1, -0.05) is 13.0 Å². The standard InChI is InChI=1S/C20H26BrN3O2/c1-14(15-7-9-26-10-8-15)13-23-18-11-16(21)12-22-19(18)24(20(23)25)17-5-3-2-4-6-17/h5,11-12,14-15H,2-4,6-10,13H2,1H3. The first-order valence-electron chi connectivity index (χ1n) is 9.69. The molecular formula is C20H26BrN3O2. The monoisotopic (exact) mass is 419 g/mol. The van der Waals surface area contributed by atoms with Crippen LogP contribution in [-0.4, -0.2) is 27.3 Å². The van der Waals surface area contributed by atoms with Crippen molar-refractivity contribution in [3.05, 3.63) is 33.3 Å². The predicted octanol–water partition coefficient (Wildman–Crippen LogP) is 4.44. The fraction of sp³-hybridized carbons (Fsp3) is 0.600. The zero-order valence-corrected chi connectivity index (χ0v) is 16.9. The molecule has 0 saturated carbocycles. The first-order chi connectivity index (χ1) is 12.6. The first kappa shape index (κ1) is 18.0. The van der Waals surface area contributed by atoms with Crippen molar-refractivity contribution in [2.45, 2.75) is 52.0 Å². The lowest BCUT2D eigenvalue weighted by Crippen LogP contribution is -2.30. The van der Waals surface area contributed by atoms with Crippen LogP contribution in [0.25, 0.3) is 16.9 Å². The van der Waals surface area contributed by atoms with Gasteiger partial charge in [0, 0.05) is 36.1 Å². The van der Waals surface area contributed by atoms with Crippen molar-refractivity contribution < 1.29 is 4.74 Å². The van der Waals surface area contributed by atoms with Crippen molar-refractivity contribution in [3.8, 4) is 0 Å². The summed E-state index contributed by atoms with van der Waals surface area (Å²) in [7, 11) is 0. The molecule has 1 atom stereocenters. The molecule has 0 N–H and O–H groups in total. The van der Waals surface area contributed by atoms with E-state index >= 15 is 0 Å². The summed E-state index contributed by atoms with van der Waals surface area (Å²) in [6.45, 7) is 4.67. The Labute approximate surface area is 162 Å². The Bertz CT molecular complexity index is 877. The molecule has 0 bridgehead atoms. The smallest absolute Gasteiger partial charge is 0.334 e. The zero-order valence-electron chi connectivity index (χ0n) is 15.3. The minimum atomic E-state index is 0.0534. The van der Waals surface area contributed by atoms with Crippen molar-refractivity contribution >= 4 is 32.8 Å². The number of hydrogen-bond acceptors (Lipinski definition) is 3. The maximum absolute atomic E-state index is 13.3. The third kappa shape index (κ3) is 3.41. The molecule has 5 nitrogen and oxygen atoms in total. The van der Waals surface area contributed by atoms with Crippen LogP contribution in [0.4, 0.5) is 0 Å². The van der Waals surface area contributed by atoms with Gasteiger partial charge in [0.05, 0.1) is 5.52 Å². The van der Waals surface area contributed by atoms with Crippen LogP contribution in [0.15, 0.2) is 27.6 Å². The summed E-state index contributed by atoms with van der Waals surface area (Å²) in [6, 6.07) is 2.03. The maximum atomic E-state index is 13.3. The highest BCUT2D eigenvalue weighted by Gasteiger charge is 2.24. The van der Waals surface area contributed by atoms with Gasteiger partial charge in [-0.15, -0.1) is 0 Å². The Balaban J connectivity index is 1.76. The lowest BCUT2D eigenvalue weighted by atomic mass is 9.87. The van der Waals surface area contributed by atoms with Gasteiger partial charge in [0.25, 0.3) is 0 Å². The number of ether oxygens (including phenoxy) is 1. The SMILES string of the molecule is CC(Cn1c(=O)n(C2=CCCCC2)c2ncc(Br)cc21)C1CCOCC1. The van der Waals surface area contributed by atoms with Crippen molar-refractivity contribution in [1.82, 2.24) is 14.1 Å². The molecule has 3 heterocycles. The molecule has 6 heteroatoms. The van der Waals surface area contributed by atoms with Crippen LogP contribution >= 0.6 is 15.9 Å². The molecule has 140 valence electrons. The van der Waals surface area contributed by atoms with Gasteiger partial charge in [-0.25, -0.2) is 14.3 Å². The average Bonchev–Trinajstić information content (AvgIpc) is 2.94. The number of pyridine rings is 1. The number of rotatable bonds is 4. The molecule has 4 rings (SSSR count). The fourth-order valence-electron chi connectivity index (χ4n) is 4.29. The quantitative estimate of drug-likeness (QED) is 0.735. The van der Waals surface area contributed by atoms with Crippen LogP contribution in [0.3, 0.4) is 0 Å². The molecule has 0 aromatic carbocycles. The van der Waals surface area contributed by atoms with Crippen LogP contribution < -0.4 is 5.69 Å². The fourth-order valence-corrected chi connectivity index (χ4v) is 4.61. The highest BCUT2D eigenvalue weighted by molar-refractivity contribution is 9.10. The lowest BCUT2D eigenvalue weighted by Gasteiger charge is -2.27. The van der Waals surface area contributed by atoms with Crippen LogP contribution in [0.1, 0.15) is 45.4 Å². The van der Waals surface area contributed by atoms with E-state index in [2.05, 4.69) is 33.9 Å². The molecule has 1 fully saturated rings. The van der Waals surface area contributed by atoms with E-state index < -0.39 is 0 Å². The van der Waals surface area contributed by atoms with E-state index in [1.165, 1.54) is 6.42 Å². The molecule has 2 aliphatic rings. The van der Waals surface area contributed by atoms with E-state index in [-0.39, 0.29) is 5.69 Å². The molecule has 2 aromatic rings. The summed E-state index contributed by atoms with van der Waals surface area (Å²) in [6.07, 6.45) is 10.5. The number of halogens is 1. The van der Waals surface area contributed by atoms with E-state index in [1.54, 1.807) is 6.20 Å². The summed E-state index contributed by atoms with van der Waals surface area (Å²) < 4.78 is 10.2. The number of allylic oxidation sites excluding steroid dienone is 2. The predicted molar refractivity (Wildman–Crippen MR) is 107 cm³/mol. The zero-order chi connectivity index (χ0) is 18.1. The molecule has 1 saturated heterocycles. The van der Waals surface area contributed by atoms with Crippen LogP contribution in [0.2, 0.25) is 0 Å². The van der Waals surface area contributed by atoms with E-state index in [9.17, 15) is 4.79 Å². The summed E-state index contributed by atoms with van der Waals surface area (Å²) in [5, 5.41) is 0. The molecule has 26 heavy (non-hydrogen) atoms. The van der Waals surface area contributed by atoms with E-state index in [0.29, 0.717) is 11.8 Å². The largest absolute Gasteiger partial charge is 0.381 e. The van der Waals surface area contributed by atoms with Gasteiger partial charge in [0.2, 0.25) is 0 Å². The summed E-state index contributed by atoms with van der Waals surface area (Å²) in [5.41, 5.74) is 2.87. The van der Waals surface area contributed by atoms with Crippen LogP contribution in [0, 0.1) is 11.8 Å². The Kier molecular flexibility index (Phi) is 5.32. The van der Waals surface area contributed by atoms with E-state index in [4.69, 9.17) is 4.74 Å². The number of hydrogen-bond donors (Lipinski definition) is 0. The molecule has 0 spiro atoms. The number of imidazole rings is 1. The number of aromatic nitrogens is 3. The van der Waals surface area contributed by atoms with E-state index in [0.717, 1.165) is 73.2 Å². The third-order valence-electron chi connectivity index (χ3n) is 5.83. The third-order valence-corrected chi connectivity index (χ3v) is 6.27.